The van der Waals surface area contributed by atoms with E-state index in [0.29, 0.717) is 30.8 Å². The maximum atomic E-state index is 13.1. The van der Waals surface area contributed by atoms with Gasteiger partial charge in [0.25, 0.3) is 5.91 Å². The molecule has 0 bridgehead atoms. The van der Waals surface area contributed by atoms with Crippen molar-refractivity contribution in [2.45, 2.75) is 63.8 Å². The topological polar surface area (TPSA) is 116 Å². The molecule has 2 aliphatic rings. The van der Waals surface area contributed by atoms with E-state index in [1.54, 1.807) is 26.8 Å². The number of sulfonamides is 1. The van der Waals surface area contributed by atoms with Crippen LogP contribution in [0.5, 0.6) is 0 Å². The number of anilines is 1. The third kappa shape index (κ3) is 4.25. The Hall–Kier alpha value is -2.46. The molecule has 10 heteroatoms. The van der Waals surface area contributed by atoms with Gasteiger partial charge >= 0.3 is 6.03 Å². The van der Waals surface area contributed by atoms with Gasteiger partial charge in [0, 0.05) is 18.8 Å². The van der Waals surface area contributed by atoms with E-state index in [1.807, 2.05) is 6.92 Å². The molecule has 2 atom stereocenters. The summed E-state index contributed by atoms with van der Waals surface area (Å²) in [4.78, 5) is 39.3. The van der Waals surface area contributed by atoms with Gasteiger partial charge in [0.15, 0.2) is 0 Å². The molecular weight excluding hydrogens is 432 g/mol. The number of carbonyl (C=O) groups excluding carboxylic acids is 3. The maximum absolute atomic E-state index is 13.1. The van der Waals surface area contributed by atoms with Crippen LogP contribution in [0.4, 0.5) is 10.5 Å². The normalized spacial score (nSPS) is 23.7. The summed E-state index contributed by atoms with van der Waals surface area (Å²) >= 11 is 0. The van der Waals surface area contributed by atoms with E-state index in [1.165, 1.54) is 16.4 Å². The lowest BCUT2D eigenvalue weighted by molar-refractivity contribution is -0.136. The van der Waals surface area contributed by atoms with Crippen LogP contribution in [0.25, 0.3) is 0 Å². The van der Waals surface area contributed by atoms with E-state index < -0.39 is 34.0 Å². The highest BCUT2D eigenvalue weighted by molar-refractivity contribution is 7.89. The molecule has 3 rings (SSSR count). The molecule has 1 saturated heterocycles. The molecule has 176 valence electrons. The summed E-state index contributed by atoms with van der Waals surface area (Å²) in [6.45, 7) is 7.46. The molecule has 1 aliphatic heterocycles. The van der Waals surface area contributed by atoms with Crippen LogP contribution in [0, 0.1) is 12.8 Å². The van der Waals surface area contributed by atoms with E-state index in [4.69, 9.17) is 0 Å². The van der Waals surface area contributed by atoms with Gasteiger partial charge in [0.2, 0.25) is 15.9 Å². The minimum atomic E-state index is -3.69. The smallest absolute Gasteiger partial charge is 0.324 e. The number of amides is 4. The van der Waals surface area contributed by atoms with Crippen molar-refractivity contribution in [2.24, 2.45) is 5.92 Å². The Labute approximate surface area is 189 Å². The van der Waals surface area contributed by atoms with Crippen molar-refractivity contribution in [2.75, 3.05) is 25.0 Å². The van der Waals surface area contributed by atoms with Gasteiger partial charge in [-0.1, -0.05) is 39.7 Å². The van der Waals surface area contributed by atoms with Crippen molar-refractivity contribution in [1.82, 2.24) is 14.5 Å². The van der Waals surface area contributed by atoms with Crippen molar-refractivity contribution >= 4 is 33.6 Å². The average Bonchev–Trinajstić information content (AvgIpc) is 2.97. The van der Waals surface area contributed by atoms with Crippen LogP contribution >= 0.6 is 0 Å². The SMILES string of the molecule is CCN(CC)S(=O)(=O)c1ccc(C)c(NC(=O)CN2C(=O)N[C@@]3(CCCC[C@H]3C)C2=O)c1. The maximum Gasteiger partial charge on any atom is 0.325 e. The Morgan fingerprint density at radius 2 is 1.94 bits per heavy atom. The van der Waals surface area contributed by atoms with E-state index in [0.717, 1.165) is 24.2 Å². The predicted molar refractivity (Wildman–Crippen MR) is 121 cm³/mol. The first-order valence-electron chi connectivity index (χ1n) is 11.1. The number of hydrogen-bond donors (Lipinski definition) is 2. The molecular formula is C22H32N4O5S. The molecule has 1 aliphatic carbocycles. The average molecular weight is 465 g/mol. The van der Waals surface area contributed by atoms with Crippen LogP contribution in [-0.2, 0) is 19.6 Å². The lowest BCUT2D eigenvalue weighted by Crippen LogP contribution is -2.54. The van der Waals surface area contributed by atoms with Gasteiger partial charge in [0.1, 0.15) is 12.1 Å². The Morgan fingerprint density at radius 1 is 1.25 bits per heavy atom. The fourth-order valence-corrected chi connectivity index (χ4v) is 6.07. The zero-order chi connectivity index (χ0) is 23.7. The van der Waals surface area contributed by atoms with Crippen LogP contribution in [-0.4, -0.2) is 60.6 Å². The monoisotopic (exact) mass is 464 g/mol. The third-order valence-corrected chi connectivity index (χ3v) is 8.68. The van der Waals surface area contributed by atoms with E-state index in [-0.39, 0.29) is 16.7 Å². The second kappa shape index (κ2) is 9.19. The van der Waals surface area contributed by atoms with Crippen molar-refractivity contribution in [1.29, 1.82) is 0 Å². The van der Waals surface area contributed by atoms with Crippen molar-refractivity contribution in [3.8, 4) is 0 Å². The first kappa shape index (κ1) is 24.2. The number of carbonyl (C=O) groups is 3. The molecule has 9 nitrogen and oxygen atoms in total. The molecule has 1 saturated carbocycles. The molecule has 4 amide bonds. The second-order valence-corrected chi connectivity index (χ2v) is 10.5. The van der Waals surface area contributed by atoms with Gasteiger partial charge in [-0.3, -0.25) is 14.5 Å². The van der Waals surface area contributed by atoms with E-state index >= 15 is 0 Å². The molecule has 2 fully saturated rings. The Bertz CT molecular complexity index is 1020. The summed E-state index contributed by atoms with van der Waals surface area (Å²) < 4.78 is 27.0. The molecule has 1 aromatic carbocycles. The number of nitrogens with one attached hydrogen (secondary N) is 2. The number of urea groups is 1. The van der Waals surface area contributed by atoms with Crippen molar-refractivity contribution in [3.05, 3.63) is 23.8 Å². The Balaban J connectivity index is 1.77. The number of nitrogens with zero attached hydrogens (tertiary/aromatic N) is 2. The number of imide groups is 1. The zero-order valence-corrected chi connectivity index (χ0v) is 19.9. The summed E-state index contributed by atoms with van der Waals surface area (Å²) in [5.74, 6) is -0.918. The molecule has 0 radical (unpaired) electrons. The summed E-state index contributed by atoms with van der Waals surface area (Å²) in [5, 5.41) is 5.50. The molecule has 32 heavy (non-hydrogen) atoms. The largest absolute Gasteiger partial charge is 0.325 e. The highest BCUT2D eigenvalue weighted by Crippen LogP contribution is 2.38. The molecule has 0 aromatic heterocycles. The molecule has 2 N–H and O–H groups in total. The zero-order valence-electron chi connectivity index (χ0n) is 19.1. The van der Waals surface area contributed by atoms with Gasteiger partial charge in [-0.25, -0.2) is 13.2 Å². The summed E-state index contributed by atoms with van der Waals surface area (Å²) in [7, 11) is -3.69. The van der Waals surface area contributed by atoms with Crippen LogP contribution in [0.2, 0.25) is 0 Å². The third-order valence-electron chi connectivity index (χ3n) is 6.63. The fourth-order valence-electron chi connectivity index (χ4n) is 4.58. The summed E-state index contributed by atoms with van der Waals surface area (Å²) in [5.41, 5.74) is 0.0750. The minimum Gasteiger partial charge on any atom is -0.324 e. The van der Waals surface area contributed by atoms with Gasteiger partial charge < -0.3 is 10.6 Å². The van der Waals surface area contributed by atoms with Gasteiger partial charge in [-0.2, -0.15) is 4.31 Å². The molecule has 1 heterocycles. The fraction of sp³-hybridized carbons (Fsp3) is 0.591. The molecule has 0 unspecified atom stereocenters. The number of hydrogen-bond acceptors (Lipinski definition) is 5. The number of benzene rings is 1. The van der Waals surface area contributed by atoms with E-state index in [2.05, 4.69) is 10.6 Å². The van der Waals surface area contributed by atoms with Crippen LogP contribution in [0.1, 0.15) is 52.0 Å². The van der Waals surface area contributed by atoms with E-state index in [9.17, 15) is 22.8 Å². The lowest BCUT2D eigenvalue weighted by atomic mass is 9.73. The quantitative estimate of drug-likeness (QED) is 0.602. The first-order chi connectivity index (χ1) is 15.1. The number of rotatable bonds is 7. The minimum absolute atomic E-state index is 0.00460. The lowest BCUT2D eigenvalue weighted by Gasteiger charge is -2.36. The first-order valence-corrected chi connectivity index (χ1v) is 12.6. The van der Waals surface area contributed by atoms with Gasteiger partial charge in [0.05, 0.1) is 4.90 Å². The predicted octanol–water partition coefficient (Wildman–Crippen LogP) is 2.46. The Morgan fingerprint density at radius 3 is 2.56 bits per heavy atom. The highest BCUT2D eigenvalue weighted by Gasteiger charge is 2.55. The van der Waals surface area contributed by atoms with Crippen LogP contribution < -0.4 is 10.6 Å². The number of aryl methyl sites for hydroxylation is 1. The van der Waals surface area contributed by atoms with Crippen LogP contribution in [0.15, 0.2) is 23.1 Å². The van der Waals surface area contributed by atoms with Crippen molar-refractivity contribution < 1.29 is 22.8 Å². The highest BCUT2D eigenvalue weighted by atomic mass is 32.2. The van der Waals surface area contributed by atoms with Crippen molar-refractivity contribution in [3.63, 3.8) is 0 Å². The van der Waals surface area contributed by atoms with Gasteiger partial charge in [-0.15, -0.1) is 0 Å². The summed E-state index contributed by atoms with van der Waals surface area (Å²) in [6.07, 6.45) is 3.28. The van der Waals surface area contributed by atoms with Crippen LogP contribution in [0.3, 0.4) is 0 Å². The second-order valence-electron chi connectivity index (χ2n) is 8.55. The molecule has 1 aromatic rings. The summed E-state index contributed by atoms with van der Waals surface area (Å²) in [6, 6.07) is 3.98. The standard InChI is InChI=1S/C22H32N4O5S/c1-5-25(6-2)32(30,31)17-11-10-15(3)18(13-17)23-19(27)14-26-20(28)22(24-21(26)29)12-8-7-9-16(22)4/h10-11,13,16H,5-9,12,14H2,1-4H3,(H,23,27)(H,24,29)/t16-,22-/m1/s1. The molecule has 1 spiro atoms. The Kier molecular flexibility index (Phi) is 6.94. The van der Waals surface area contributed by atoms with Gasteiger partial charge in [-0.05, 0) is 43.4 Å².